The molecule has 1 saturated carbocycles. The second-order valence-electron chi connectivity index (χ2n) is 7.31. The van der Waals surface area contributed by atoms with E-state index in [1.165, 1.54) is 38.4 Å². The molecule has 1 atom stereocenters. The van der Waals surface area contributed by atoms with Crippen molar-refractivity contribution < 1.29 is 8.42 Å². The van der Waals surface area contributed by atoms with E-state index in [1.807, 2.05) is 0 Å². The summed E-state index contributed by atoms with van der Waals surface area (Å²) in [7, 11) is -3.12. The maximum Gasteiger partial charge on any atom is 0.211 e. The zero-order valence-electron chi connectivity index (χ0n) is 15.9. The minimum Gasteiger partial charge on any atom is -0.357 e. The van der Waals surface area contributed by atoms with Gasteiger partial charge in [0, 0.05) is 32.2 Å². The summed E-state index contributed by atoms with van der Waals surface area (Å²) in [6.45, 7) is 7.25. The van der Waals surface area contributed by atoms with Gasteiger partial charge in [0.05, 0.1) is 6.26 Å². The number of guanidine groups is 1. The van der Waals surface area contributed by atoms with Crippen molar-refractivity contribution in [1.29, 1.82) is 0 Å². The standard InChI is InChI=1S/C17H34N4O2S.HI/c1-4-17(10-6-7-11-17)14-20-16(18-5-2)19-13-15-9-8-12-21(15)24(3,22)23;/h15H,4-14H2,1-3H3,(H2,18,19,20);1H/t15-;/m1./s1. The molecule has 0 bridgehead atoms. The second-order valence-corrected chi connectivity index (χ2v) is 9.24. The van der Waals surface area contributed by atoms with E-state index in [0.29, 0.717) is 18.5 Å². The Labute approximate surface area is 170 Å². The number of rotatable bonds is 7. The summed E-state index contributed by atoms with van der Waals surface area (Å²) in [4.78, 5) is 4.81. The van der Waals surface area contributed by atoms with Crippen molar-refractivity contribution >= 4 is 40.0 Å². The molecule has 0 radical (unpaired) electrons. The molecule has 1 saturated heterocycles. The average molecular weight is 486 g/mol. The number of nitrogens with zero attached hydrogens (tertiary/aromatic N) is 2. The lowest BCUT2D eigenvalue weighted by Crippen LogP contribution is -2.46. The predicted molar refractivity (Wildman–Crippen MR) is 115 cm³/mol. The fourth-order valence-corrected chi connectivity index (χ4v) is 5.18. The van der Waals surface area contributed by atoms with Gasteiger partial charge >= 0.3 is 0 Å². The Morgan fingerprint density at radius 3 is 2.44 bits per heavy atom. The van der Waals surface area contributed by atoms with Crippen molar-refractivity contribution in [3.63, 3.8) is 0 Å². The number of hydrogen-bond donors (Lipinski definition) is 2. The monoisotopic (exact) mass is 486 g/mol. The summed E-state index contributed by atoms with van der Waals surface area (Å²) in [5.74, 6) is 0.817. The molecule has 1 aliphatic carbocycles. The average Bonchev–Trinajstić information content (AvgIpc) is 3.19. The third kappa shape index (κ3) is 6.53. The van der Waals surface area contributed by atoms with Gasteiger partial charge in [-0.1, -0.05) is 19.8 Å². The van der Waals surface area contributed by atoms with Crippen LogP contribution in [-0.2, 0) is 10.0 Å². The molecule has 0 aromatic carbocycles. The molecular weight excluding hydrogens is 451 g/mol. The molecule has 0 spiro atoms. The number of halogens is 1. The molecule has 2 fully saturated rings. The first-order valence-corrected chi connectivity index (χ1v) is 11.2. The topological polar surface area (TPSA) is 73.8 Å². The van der Waals surface area contributed by atoms with E-state index < -0.39 is 10.0 Å². The van der Waals surface area contributed by atoms with Crippen molar-refractivity contribution in [2.75, 3.05) is 32.4 Å². The second kappa shape index (κ2) is 10.3. The summed E-state index contributed by atoms with van der Waals surface area (Å²) in [5.41, 5.74) is 0.370. The minimum atomic E-state index is -3.12. The third-order valence-corrected chi connectivity index (χ3v) is 6.92. The van der Waals surface area contributed by atoms with Gasteiger partial charge in [0.25, 0.3) is 0 Å². The number of nitrogens with one attached hydrogen (secondary N) is 2. The van der Waals surface area contributed by atoms with Crippen LogP contribution in [0.1, 0.15) is 58.8 Å². The molecule has 0 unspecified atom stereocenters. The Balaban J connectivity index is 0.00000312. The molecule has 0 amide bonds. The first-order chi connectivity index (χ1) is 11.4. The van der Waals surface area contributed by atoms with Crippen LogP contribution in [0.15, 0.2) is 4.99 Å². The smallest absolute Gasteiger partial charge is 0.211 e. The molecule has 0 aromatic rings. The maximum absolute atomic E-state index is 11.8. The number of hydrogen-bond acceptors (Lipinski definition) is 3. The highest BCUT2D eigenvalue weighted by Crippen LogP contribution is 2.41. The van der Waals surface area contributed by atoms with Crippen LogP contribution in [0.5, 0.6) is 0 Å². The Morgan fingerprint density at radius 1 is 1.20 bits per heavy atom. The SMILES string of the molecule is CCNC(=NCC1(CC)CCCC1)NC[C@H]1CCCN1S(C)(=O)=O.I. The summed E-state index contributed by atoms with van der Waals surface area (Å²) in [6, 6.07) is 0.0375. The Kier molecular flexibility index (Phi) is 9.45. The van der Waals surface area contributed by atoms with Gasteiger partial charge in [-0.3, -0.25) is 4.99 Å². The van der Waals surface area contributed by atoms with E-state index in [4.69, 9.17) is 4.99 Å². The Bertz CT molecular complexity index is 533. The quantitative estimate of drug-likeness (QED) is 0.330. The molecule has 2 aliphatic rings. The first-order valence-electron chi connectivity index (χ1n) is 9.39. The van der Waals surface area contributed by atoms with E-state index in [0.717, 1.165) is 31.9 Å². The van der Waals surface area contributed by atoms with Gasteiger partial charge in [0.1, 0.15) is 0 Å². The summed E-state index contributed by atoms with van der Waals surface area (Å²) >= 11 is 0. The molecule has 25 heavy (non-hydrogen) atoms. The van der Waals surface area contributed by atoms with Crippen molar-refractivity contribution in [2.45, 2.75) is 64.8 Å². The highest BCUT2D eigenvalue weighted by Gasteiger charge is 2.33. The fourth-order valence-electron chi connectivity index (χ4n) is 4.00. The lowest BCUT2D eigenvalue weighted by Gasteiger charge is -2.26. The maximum atomic E-state index is 11.8. The van der Waals surface area contributed by atoms with E-state index in [-0.39, 0.29) is 30.0 Å². The highest BCUT2D eigenvalue weighted by atomic mass is 127. The van der Waals surface area contributed by atoms with Gasteiger partial charge < -0.3 is 10.6 Å². The van der Waals surface area contributed by atoms with Crippen LogP contribution in [0.25, 0.3) is 0 Å². The lowest BCUT2D eigenvalue weighted by atomic mass is 9.84. The largest absolute Gasteiger partial charge is 0.357 e. The number of aliphatic imine (C=N–C) groups is 1. The van der Waals surface area contributed by atoms with Gasteiger partial charge in [-0.25, -0.2) is 8.42 Å². The van der Waals surface area contributed by atoms with Gasteiger partial charge in [-0.2, -0.15) is 4.31 Å². The van der Waals surface area contributed by atoms with Gasteiger partial charge in [0.2, 0.25) is 10.0 Å². The van der Waals surface area contributed by atoms with Crippen LogP contribution in [0.2, 0.25) is 0 Å². The van der Waals surface area contributed by atoms with Gasteiger partial charge in [0.15, 0.2) is 5.96 Å². The molecule has 2 N–H and O–H groups in total. The van der Waals surface area contributed by atoms with Gasteiger partial charge in [-0.15, -0.1) is 24.0 Å². The van der Waals surface area contributed by atoms with E-state index in [9.17, 15) is 8.42 Å². The first kappa shape index (κ1) is 23.0. The fraction of sp³-hybridized carbons (Fsp3) is 0.941. The lowest BCUT2D eigenvalue weighted by molar-refractivity contribution is 0.297. The number of sulfonamides is 1. The summed E-state index contributed by atoms with van der Waals surface area (Å²) < 4.78 is 25.3. The zero-order chi connectivity index (χ0) is 17.6. The predicted octanol–water partition coefficient (Wildman–Crippen LogP) is 2.55. The van der Waals surface area contributed by atoms with Crippen LogP contribution < -0.4 is 10.6 Å². The Hall–Kier alpha value is -0.0900. The van der Waals surface area contributed by atoms with Crippen LogP contribution in [0, 0.1) is 5.41 Å². The van der Waals surface area contributed by atoms with Crippen LogP contribution in [0.3, 0.4) is 0 Å². The van der Waals surface area contributed by atoms with E-state index in [1.54, 1.807) is 4.31 Å². The molecule has 1 heterocycles. The van der Waals surface area contributed by atoms with Crippen molar-refractivity contribution in [2.24, 2.45) is 10.4 Å². The normalized spacial score (nSPS) is 24.1. The molecule has 148 valence electrons. The minimum absolute atomic E-state index is 0. The van der Waals surface area contributed by atoms with E-state index >= 15 is 0 Å². The van der Waals surface area contributed by atoms with Crippen molar-refractivity contribution in [3.05, 3.63) is 0 Å². The van der Waals surface area contributed by atoms with E-state index in [2.05, 4.69) is 24.5 Å². The van der Waals surface area contributed by atoms with Crippen molar-refractivity contribution in [3.8, 4) is 0 Å². The highest BCUT2D eigenvalue weighted by molar-refractivity contribution is 14.0. The van der Waals surface area contributed by atoms with Crippen molar-refractivity contribution in [1.82, 2.24) is 14.9 Å². The summed E-state index contributed by atoms with van der Waals surface area (Å²) in [6.07, 6.45) is 9.52. The Morgan fingerprint density at radius 2 is 1.88 bits per heavy atom. The third-order valence-electron chi connectivity index (χ3n) is 5.59. The van der Waals surface area contributed by atoms with Crippen LogP contribution >= 0.6 is 24.0 Å². The zero-order valence-corrected chi connectivity index (χ0v) is 19.0. The molecule has 0 aromatic heterocycles. The van der Waals surface area contributed by atoms with Crippen LogP contribution in [-0.4, -0.2) is 57.2 Å². The van der Waals surface area contributed by atoms with Gasteiger partial charge in [-0.05, 0) is 44.4 Å². The molecule has 1 aliphatic heterocycles. The van der Waals surface area contributed by atoms with Crippen LogP contribution in [0.4, 0.5) is 0 Å². The molecule has 2 rings (SSSR count). The molecule has 8 heteroatoms. The summed E-state index contributed by atoms with van der Waals surface area (Å²) in [5, 5.41) is 6.66. The molecular formula is C17H35IN4O2S. The molecule has 6 nitrogen and oxygen atoms in total.